The highest BCUT2D eigenvalue weighted by molar-refractivity contribution is 5.73. The molecule has 0 saturated carbocycles. The molecule has 37 heavy (non-hydrogen) atoms. The third kappa shape index (κ3) is 5.50. The van der Waals surface area contributed by atoms with Gasteiger partial charge in [-0.15, -0.1) is 0 Å². The molecule has 190 valence electrons. The number of rotatable bonds is 9. The molecule has 2 aromatic heterocycles. The van der Waals surface area contributed by atoms with E-state index in [9.17, 15) is 18.0 Å². The highest BCUT2D eigenvalue weighted by atomic mass is 19.1. The van der Waals surface area contributed by atoms with E-state index in [1.807, 2.05) is 0 Å². The van der Waals surface area contributed by atoms with Crippen LogP contribution in [0.4, 0.5) is 24.8 Å². The van der Waals surface area contributed by atoms with Gasteiger partial charge in [-0.1, -0.05) is 18.2 Å². The van der Waals surface area contributed by atoms with Gasteiger partial charge >= 0.3 is 5.56 Å². The van der Waals surface area contributed by atoms with E-state index in [4.69, 9.17) is 4.74 Å². The second-order valence-electron chi connectivity index (χ2n) is 8.34. The first-order chi connectivity index (χ1) is 18.0. The average Bonchev–Trinajstić information content (AvgIpc) is 3.32. The second-order valence-corrected chi connectivity index (χ2v) is 8.34. The van der Waals surface area contributed by atoms with Crippen molar-refractivity contribution < 1.29 is 17.9 Å². The number of anilines is 2. The van der Waals surface area contributed by atoms with Gasteiger partial charge in [0.15, 0.2) is 23.3 Å². The first-order valence-electron chi connectivity index (χ1n) is 11.6. The summed E-state index contributed by atoms with van der Waals surface area (Å²) >= 11 is 0. The molecule has 0 bridgehead atoms. The lowest BCUT2D eigenvalue weighted by Crippen LogP contribution is -2.32. The van der Waals surface area contributed by atoms with Crippen LogP contribution in [0.3, 0.4) is 0 Å². The number of benzene rings is 2. The van der Waals surface area contributed by atoms with Crippen LogP contribution in [-0.4, -0.2) is 32.0 Å². The van der Waals surface area contributed by atoms with E-state index in [0.29, 0.717) is 23.6 Å². The number of imidazole rings is 1. The van der Waals surface area contributed by atoms with Crippen LogP contribution in [0.1, 0.15) is 12.0 Å². The van der Waals surface area contributed by atoms with E-state index in [1.165, 1.54) is 24.5 Å². The summed E-state index contributed by atoms with van der Waals surface area (Å²) in [5, 5.41) is 5.70. The summed E-state index contributed by atoms with van der Waals surface area (Å²) in [6.07, 6.45) is 5.63. The molecule has 11 heteroatoms. The van der Waals surface area contributed by atoms with Gasteiger partial charge in [-0.25, -0.2) is 9.37 Å². The van der Waals surface area contributed by atoms with Gasteiger partial charge in [0.1, 0.15) is 11.6 Å². The third-order valence-corrected chi connectivity index (χ3v) is 5.71. The number of halogens is 3. The van der Waals surface area contributed by atoms with E-state index < -0.39 is 24.4 Å². The van der Waals surface area contributed by atoms with Crippen LogP contribution in [0.25, 0.3) is 11.2 Å². The molecule has 0 spiro atoms. The Morgan fingerprint density at radius 1 is 1.08 bits per heavy atom. The van der Waals surface area contributed by atoms with Crippen molar-refractivity contribution in [2.45, 2.75) is 25.7 Å². The van der Waals surface area contributed by atoms with E-state index in [0.717, 1.165) is 5.56 Å². The Morgan fingerprint density at radius 2 is 1.86 bits per heavy atom. The molecule has 3 heterocycles. The van der Waals surface area contributed by atoms with Gasteiger partial charge in [-0.05, 0) is 60.5 Å². The Balaban J connectivity index is 1.45. The number of hydrogen-bond donors (Lipinski definition) is 2. The molecular formula is C26H23F3N6O2. The van der Waals surface area contributed by atoms with Crippen molar-refractivity contribution in [3.8, 4) is 5.75 Å². The van der Waals surface area contributed by atoms with Gasteiger partial charge in [-0.2, -0.15) is 9.37 Å². The second kappa shape index (κ2) is 10.6. The third-order valence-electron chi connectivity index (χ3n) is 5.71. The number of dihydropyridines is 1. The smallest absolute Gasteiger partial charge is 0.300 e. The Hall–Kier alpha value is -4.54. The molecule has 1 aliphatic rings. The van der Waals surface area contributed by atoms with Crippen LogP contribution < -0.4 is 20.9 Å². The topological polar surface area (TPSA) is 86.0 Å². The minimum absolute atomic E-state index is 0.232. The number of fused-ring (bicyclic) bond motifs is 1. The number of ether oxygens (including phenoxy) is 1. The van der Waals surface area contributed by atoms with Gasteiger partial charge in [0.05, 0.1) is 19.5 Å². The molecule has 0 amide bonds. The average molecular weight is 509 g/mol. The van der Waals surface area contributed by atoms with Gasteiger partial charge in [0.2, 0.25) is 5.95 Å². The summed E-state index contributed by atoms with van der Waals surface area (Å²) in [6, 6.07) is 12.8. The van der Waals surface area contributed by atoms with Crippen LogP contribution in [-0.2, 0) is 13.1 Å². The van der Waals surface area contributed by atoms with Crippen molar-refractivity contribution in [1.82, 2.24) is 24.4 Å². The highest BCUT2D eigenvalue weighted by Crippen LogP contribution is 2.23. The van der Waals surface area contributed by atoms with Crippen molar-refractivity contribution >= 4 is 22.8 Å². The first-order valence-corrected chi connectivity index (χ1v) is 11.6. The number of alkyl halides is 1. The lowest BCUT2D eigenvalue weighted by Gasteiger charge is -2.19. The molecule has 2 aromatic carbocycles. The molecule has 0 radical (unpaired) electrons. The van der Waals surface area contributed by atoms with Gasteiger partial charge in [0.25, 0.3) is 0 Å². The van der Waals surface area contributed by atoms with Crippen LogP contribution >= 0.6 is 0 Å². The Morgan fingerprint density at radius 3 is 2.59 bits per heavy atom. The summed E-state index contributed by atoms with van der Waals surface area (Å²) in [6.45, 7) is 0.0286. The normalized spacial score (nSPS) is 14.9. The Bertz CT molecular complexity index is 1510. The predicted molar refractivity (Wildman–Crippen MR) is 133 cm³/mol. The maximum Gasteiger partial charge on any atom is 0.300 e. The number of nitrogens with one attached hydrogen (secondary N) is 2. The highest BCUT2D eigenvalue weighted by Gasteiger charge is 2.17. The molecular weight excluding hydrogens is 485 g/mol. The summed E-state index contributed by atoms with van der Waals surface area (Å²) in [4.78, 5) is 21.6. The zero-order chi connectivity index (χ0) is 25.8. The summed E-state index contributed by atoms with van der Waals surface area (Å²) in [5.74, 6) is -0.115. The molecule has 1 atom stereocenters. The maximum atomic E-state index is 13.5. The first kappa shape index (κ1) is 24.2. The number of nitrogens with zero attached hydrogens (tertiary/aromatic N) is 4. The SMILES string of the molecule is O=c1nc(Nc2ccc(OC3C=CC=C(F)N3)cc2)n(Cc2ccc(F)cc2)c2ncn(CCCF)c12. The summed E-state index contributed by atoms with van der Waals surface area (Å²) in [5.41, 5.74) is 1.51. The van der Waals surface area contributed by atoms with E-state index in [-0.39, 0.29) is 30.2 Å². The van der Waals surface area contributed by atoms with Crippen LogP contribution in [0.15, 0.2) is 83.8 Å². The molecule has 0 fully saturated rings. The zero-order valence-electron chi connectivity index (χ0n) is 19.6. The van der Waals surface area contributed by atoms with Gasteiger partial charge < -0.3 is 19.9 Å². The lowest BCUT2D eigenvalue weighted by molar-refractivity contribution is 0.209. The minimum Gasteiger partial charge on any atom is -0.467 e. The van der Waals surface area contributed by atoms with E-state index in [1.54, 1.807) is 57.7 Å². The molecule has 5 rings (SSSR count). The molecule has 1 unspecified atom stereocenters. The van der Waals surface area contributed by atoms with Crippen molar-refractivity contribution in [1.29, 1.82) is 0 Å². The van der Waals surface area contributed by atoms with Crippen molar-refractivity contribution in [2.75, 3.05) is 12.0 Å². The fraction of sp³-hybridized carbons (Fsp3) is 0.192. The minimum atomic E-state index is -0.638. The number of allylic oxidation sites excluding steroid dienone is 2. The molecule has 2 N–H and O–H groups in total. The zero-order valence-corrected chi connectivity index (χ0v) is 19.6. The van der Waals surface area contributed by atoms with E-state index >= 15 is 0 Å². The Labute approximate surface area is 209 Å². The van der Waals surface area contributed by atoms with Crippen molar-refractivity contribution in [3.05, 3.63) is 101 Å². The van der Waals surface area contributed by atoms with E-state index in [2.05, 4.69) is 20.6 Å². The summed E-state index contributed by atoms with van der Waals surface area (Å²) < 4.78 is 48.6. The van der Waals surface area contributed by atoms with Gasteiger partial charge in [0, 0.05) is 12.2 Å². The predicted octanol–water partition coefficient (Wildman–Crippen LogP) is 4.56. The van der Waals surface area contributed by atoms with Gasteiger partial charge in [-0.3, -0.25) is 13.8 Å². The molecule has 4 aromatic rings. The largest absolute Gasteiger partial charge is 0.467 e. The quantitative estimate of drug-likeness (QED) is 0.323. The molecule has 8 nitrogen and oxygen atoms in total. The fourth-order valence-electron chi connectivity index (χ4n) is 3.95. The molecule has 0 saturated heterocycles. The molecule has 0 aliphatic carbocycles. The van der Waals surface area contributed by atoms with Crippen molar-refractivity contribution in [2.24, 2.45) is 0 Å². The Kier molecular flexibility index (Phi) is 6.93. The summed E-state index contributed by atoms with van der Waals surface area (Å²) in [7, 11) is 0. The number of aromatic nitrogens is 4. The molecule has 1 aliphatic heterocycles. The standard InChI is InChI=1S/C26H23F3N6O2/c27-13-2-14-34-16-30-24-23(34)25(36)33-26(35(24)15-17-5-7-18(28)8-6-17)31-19-9-11-20(12-10-19)37-22-4-1-3-21(29)32-22/h1,3-12,16,22,32H,2,13-15H2,(H,31,33,36). The van der Waals surface area contributed by atoms with Crippen LogP contribution in [0, 0.1) is 5.82 Å². The number of hydrogen-bond acceptors (Lipinski definition) is 6. The monoisotopic (exact) mass is 508 g/mol. The van der Waals surface area contributed by atoms with Crippen LogP contribution in [0.5, 0.6) is 5.75 Å². The van der Waals surface area contributed by atoms with Crippen molar-refractivity contribution in [3.63, 3.8) is 0 Å². The lowest BCUT2D eigenvalue weighted by atomic mass is 10.2. The number of aryl methyl sites for hydroxylation is 1. The fourth-order valence-corrected chi connectivity index (χ4v) is 3.95. The van der Waals surface area contributed by atoms with Crippen LogP contribution in [0.2, 0.25) is 0 Å². The maximum absolute atomic E-state index is 13.5.